The minimum absolute atomic E-state index is 0.156. The maximum Gasteiger partial charge on any atom is 0.161 e. The molecular weight excluding hydrogens is 384 g/mol. The molecule has 0 N–H and O–H groups in total. The highest BCUT2D eigenvalue weighted by atomic mass is 16.5. The van der Waals surface area contributed by atoms with Crippen molar-refractivity contribution in [3.8, 4) is 23.0 Å². The zero-order chi connectivity index (χ0) is 21.4. The van der Waals surface area contributed by atoms with Gasteiger partial charge in [0.2, 0.25) is 0 Å². The smallest absolute Gasteiger partial charge is 0.161 e. The van der Waals surface area contributed by atoms with Crippen LogP contribution in [0.1, 0.15) is 11.1 Å². The van der Waals surface area contributed by atoms with E-state index in [0.29, 0.717) is 29.4 Å². The van der Waals surface area contributed by atoms with Crippen LogP contribution in [0.3, 0.4) is 0 Å². The van der Waals surface area contributed by atoms with Crippen LogP contribution in [0.5, 0.6) is 23.0 Å². The molecule has 0 aromatic heterocycles. The second kappa shape index (κ2) is 7.95. The van der Waals surface area contributed by atoms with Crippen molar-refractivity contribution in [2.75, 3.05) is 42.7 Å². The molecule has 158 valence electrons. The minimum atomic E-state index is -0.156. The number of methoxy groups -OCH3 is 6. The molecule has 0 aliphatic heterocycles. The monoisotopic (exact) mass is 410 g/mol. The van der Waals surface area contributed by atoms with E-state index in [1.165, 1.54) is 5.56 Å². The molecule has 6 heteroatoms. The van der Waals surface area contributed by atoms with Crippen molar-refractivity contribution < 1.29 is 28.4 Å². The van der Waals surface area contributed by atoms with E-state index in [9.17, 15) is 0 Å². The lowest BCUT2D eigenvalue weighted by Gasteiger charge is -2.27. The average Bonchev–Trinajstić information content (AvgIpc) is 2.81. The molecule has 30 heavy (non-hydrogen) atoms. The number of benzene rings is 3. The highest BCUT2D eigenvalue weighted by Gasteiger charge is 2.27. The molecule has 1 aliphatic rings. The third kappa shape index (κ3) is 2.99. The summed E-state index contributed by atoms with van der Waals surface area (Å²) in [5, 5.41) is 4.21. The topological polar surface area (TPSA) is 55.4 Å². The summed E-state index contributed by atoms with van der Waals surface area (Å²) in [4.78, 5) is 0. The van der Waals surface area contributed by atoms with Gasteiger partial charge in [-0.1, -0.05) is 0 Å². The Morgan fingerprint density at radius 1 is 0.600 bits per heavy atom. The fourth-order valence-corrected chi connectivity index (χ4v) is 4.28. The second-order valence-corrected chi connectivity index (χ2v) is 7.08. The molecule has 3 aromatic carbocycles. The zero-order valence-electron chi connectivity index (χ0n) is 18.1. The standard InChI is InChI=1S/C24H26O6/c1-25-19-7-13-14(8-20(19)26-2)16-10-22(28-4)24(30-6)12-18(16)17-11-23(29-5)21(27-3)9-15(13)17/h7-11,24H,12H2,1-6H3. The van der Waals surface area contributed by atoms with Gasteiger partial charge in [0.1, 0.15) is 11.9 Å². The van der Waals surface area contributed by atoms with Gasteiger partial charge in [-0.25, -0.2) is 0 Å². The molecule has 6 nitrogen and oxygen atoms in total. The molecule has 0 radical (unpaired) electrons. The van der Waals surface area contributed by atoms with Gasteiger partial charge >= 0.3 is 0 Å². The van der Waals surface area contributed by atoms with Gasteiger partial charge in [0.15, 0.2) is 23.0 Å². The number of fused-ring (bicyclic) bond motifs is 6. The highest BCUT2D eigenvalue weighted by molar-refractivity contribution is 6.15. The van der Waals surface area contributed by atoms with Crippen LogP contribution in [0.4, 0.5) is 0 Å². The number of ether oxygens (including phenoxy) is 6. The van der Waals surface area contributed by atoms with E-state index in [1.54, 1.807) is 42.7 Å². The molecule has 0 amide bonds. The van der Waals surface area contributed by atoms with Crippen LogP contribution in [0.15, 0.2) is 30.0 Å². The molecule has 0 saturated heterocycles. The SMILES string of the molecule is COC1=Cc2c(c3cc(OC)c(OC)cc3c3cc(OC)c(OC)cc23)CC1OC. The van der Waals surface area contributed by atoms with Crippen molar-refractivity contribution in [3.63, 3.8) is 0 Å². The first-order valence-electron chi connectivity index (χ1n) is 9.64. The summed E-state index contributed by atoms with van der Waals surface area (Å²) in [6.45, 7) is 0. The Morgan fingerprint density at radius 3 is 1.53 bits per heavy atom. The van der Waals surface area contributed by atoms with E-state index in [0.717, 1.165) is 32.9 Å². The van der Waals surface area contributed by atoms with Crippen molar-refractivity contribution in [3.05, 3.63) is 41.2 Å². The summed E-state index contributed by atoms with van der Waals surface area (Å²) in [7, 11) is 9.93. The summed E-state index contributed by atoms with van der Waals surface area (Å²) in [6, 6.07) is 8.06. The van der Waals surface area contributed by atoms with E-state index in [4.69, 9.17) is 28.4 Å². The number of hydrogen-bond donors (Lipinski definition) is 0. The maximum absolute atomic E-state index is 5.70. The van der Waals surface area contributed by atoms with Crippen molar-refractivity contribution in [2.24, 2.45) is 0 Å². The first kappa shape index (κ1) is 20.2. The Balaban J connectivity index is 2.19. The van der Waals surface area contributed by atoms with Gasteiger partial charge in [-0.3, -0.25) is 0 Å². The highest BCUT2D eigenvalue weighted by Crippen LogP contribution is 2.45. The predicted octanol–water partition coefficient (Wildman–Crippen LogP) is 4.59. The lowest BCUT2D eigenvalue weighted by molar-refractivity contribution is 0.0798. The van der Waals surface area contributed by atoms with E-state index >= 15 is 0 Å². The number of rotatable bonds is 6. The Morgan fingerprint density at radius 2 is 1.07 bits per heavy atom. The predicted molar refractivity (Wildman–Crippen MR) is 117 cm³/mol. The van der Waals surface area contributed by atoms with E-state index in [2.05, 4.69) is 6.08 Å². The van der Waals surface area contributed by atoms with Crippen LogP contribution in [0.25, 0.3) is 27.6 Å². The molecule has 0 heterocycles. The van der Waals surface area contributed by atoms with Crippen LogP contribution in [-0.4, -0.2) is 48.8 Å². The first-order valence-corrected chi connectivity index (χ1v) is 9.64. The lowest BCUT2D eigenvalue weighted by Crippen LogP contribution is -2.22. The summed E-state index contributed by atoms with van der Waals surface area (Å²) < 4.78 is 33.6. The summed E-state index contributed by atoms with van der Waals surface area (Å²) in [5.74, 6) is 3.49. The third-order valence-corrected chi connectivity index (χ3v) is 5.79. The van der Waals surface area contributed by atoms with Gasteiger partial charge in [0.05, 0.1) is 35.5 Å². The fourth-order valence-electron chi connectivity index (χ4n) is 4.28. The second-order valence-electron chi connectivity index (χ2n) is 7.08. The van der Waals surface area contributed by atoms with Gasteiger partial charge in [-0.15, -0.1) is 0 Å². The van der Waals surface area contributed by atoms with E-state index < -0.39 is 0 Å². The fraction of sp³-hybridized carbons (Fsp3) is 0.333. The minimum Gasteiger partial charge on any atom is -0.498 e. The lowest BCUT2D eigenvalue weighted by atomic mass is 9.84. The van der Waals surface area contributed by atoms with Crippen LogP contribution in [0.2, 0.25) is 0 Å². The molecule has 0 saturated carbocycles. The zero-order valence-corrected chi connectivity index (χ0v) is 18.1. The molecule has 0 fully saturated rings. The van der Waals surface area contributed by atoms with Crippen LogP contribution in [0, 0.1) is 0 Å². The van der Waals surface area contributed by atoms with E-state index in [1.807, 2.05) is 24.3 Å². The summed E-state index contributed by atoms with van der Waals surface area (Å²) >= 11 is 0. The first-order chi connectivity index (χ1) is 14.6. The third-order valence-electron chi connectivity index (χ3n) is 5.79. The van der Waals surface area contributed by atoms with Gasteiger partial charge in [-0.05, 0) is 63.0 Å². The molecule has 0 spiro atoms. The summed E-state index contributed by atoms with van der Waals surface area (Å²) in [6.07, 6.45) is 2.58. The summed E-state index contributed by atoms with van der Waals surface area (Å²) in [5.41, 5.74) is 2.24. The number of hydrogen-bond acceptors (Lipinski definition) is 6. The van der Waals surface area contributed by atoms with Crippen molar-refractivity contribution in [2.45, 2.75) is 12.5 Å². The van der Waals surface area contributed by atoms with Gasteiger partial charge in [-0.2, -0.15) is 0 Å². The molecule has 1 atom stereocenters. The average molecular weight is 410 g/mol. The van der Waals surface area contributed by atoms with Crippen LogP contribution in [-0.2, 0) is 15.9 Å². The Labute approximate surface area is 175 Å². The van der Waals surface area contributed by atoms with Crippen LogP contribution < -0.4 is 18.9 Å². The molecule has 3 aromatic rings. The van der Waals surface area contributed by atoms with Crippen LogP contribution >= 0.6 is 0 Å². The molecular formula is C24H26O6. The van der Waals surface area contributed by atoms with E-state index in [-0.39, 0.29) is 6.10 Å². The molecule has 0 bridgehead atoms. The molecule has 1 unspecified atom stereocenters. The largest absolute Gasteiger partial charge is 0.498 e. The van der Waals surface area contributed by atoms with Crippen molar-refractivity contribution in [1.82, 2.24) is 0 Å². The molecule has 4 rings (SSSR count). The van der Waals surface area contributed by atoms with Crippen molar-refractivity contribution >= 4 is 27.6 Å². The quantitative estimate of drug-likeness (QED) is 0.554. The Hall–Kier alpha value is -3.12. The normalized spacial score (nSPS) is 15.5. The van der Waals surface area contributed by atoms with Gasteiger partial charge in [0.25, 0.3) is 0 Å². The van der Waals surface area contributed by atoms with Crippen molar-refractivity contribution in [1.29, 1.82) is 0 Å². The van der Waals surface area contributed by atoms with Gasteiger partial charge in [0, 0.05) is 13.5 Å². The van der Waals surface area contributed by atoms with Gasteiger partial charge < -0.3 is 28.4 Å². The maximum atomic E-state index is 5.70. The Bertz CT molecular complexity index is 1150. The molecule has 1 aliphatic carbocycles. The Kier molecular flexibility index (Phi) is 5.35.